The molecule has 1 aromatic heterocycles. The summed E-state index contributed by atoms with van der Waals surface area (Å²) in [5.41, 5.74) is 2.78. The highest BCUT2D eigenvalue weighted by Crippen LogP contribution is 2.24. The molecule has 2 aromatic carbocycles. The number of imidazole rings is 1. The van der Waals surface area contributed by atoms with Gasteiger partial charge in [0.15, 0.2) is 9.84 Å². The minimum Gasteiger partial charge on any atom is -0.350 e. The summed E-state index contributed by atoms with van der Waals surface area (Å²) in [7, 11) is -3.03. The van der Waals surface area contributed by atoms with Crippen LogP contribution in [0.5, 0.6) is 0 Å². The van der Waals surface area contributed by atoms with Gasteiger partial charge in [0.2, 0.25) is 5.91 Å². The Kier molecular flexibility index (Phi) is 5.96. The van der Waals surface area contributed by atoms with E-state index in [1.807, 2.05) is 70.3 Å². The summed E-state index contributed by atoms with van der Waals surface area (Å²) in [6.07, 6.45) is 5.30. The number of nitrogens with one attached hydrogen (secondary N) is 1. The van der Waals surface area contributed by atoms with Gasteiger partial charge in [-0.1, -0.05) is 48.5 Å². The second-order valence-corrected chi connectivity index (χ2v) is 9.62. The van der Waals surface area contributed by atoms with Crippen LogP contribution < -0.4 is 5.32 Å². The van der Waals surface area contributed by atoms with Gasteiger partial charge in [0.25, 0.3) is 0 Å². The molecule has 4 rings (SSSR count). The molecule has 1 aliphatic rings. The van der Waals surface area contributed by atoms with Gasteiger partial charge in [-0.15, -0.1) is 0 Å². The molecule has 156 valence electrons. The molecule has 0 bridgehead atoms. The van der Waals surface area contributed by atoms with Gasteiger partial charge in [-0.2, -0.15) is 0 Å². The first-order chi connectivity index (χ1) is 14.5. The average molecular weight is 425 g/mol. The third kappa shape index (κ3) is 4.60. The summed E-state index contributed by atoms with van der Waals surface area (Å²) >= 11 is 0. The van der Waals surface area contributed by atoms with Gasteiger partial charge in [-0.25, -0.2) is 13.4 Å². The van der Waals surface area contributed by atoms with Crippen LogP contribution in [0.2, 0.25) is 0 Å². The number of sulfone groups is 1. The summed E-state index contributed by atoms with van der Waals surface area (Å²) in [4.78, 5) is 19.3. The van der Waals surface area contributed by atoms with Crippen molar-refractivity contribution < 1.29 is 13.2 Å². The van der Waals surface area contributed by atoms with Crippen LogP contribution in [0.25, 0.3) is 5.69 Å². The molecule has 1 unspecified atom stereocenters. The lowest BCUT2D eigenvalue weighted by Gasteiger charge is -2.33. The molecule has 0 radical (unpaired) electrons. The smallest absolute Gasteiger partial charge is 0.242 e. The lowest BCUT2D eigenvalue weighted by molar-refractivity contribution is -0.126. The number of rotatable bonds is 6. The number of hydrogen-bond acceptors (Lipinski definition) is 5. The van der Waals surface area contributed by atoms with Crippen molar-refractivity contribution in [3.8, 4) is 5.69 Å². The van der Waals surface area contributed by atoms with Crippen molar-refractivity contribution >= 4 is 15.7 Å². The molecule has 0 spiro atoms. The number of carbonyl (C=O) groups excluding carboxylic acids is 1. The van der Waals surface area contributed by atoms with Gasteiger partial charge in [0, 0.05) is 32.0 Å². The predicted molar refractivity (Wildman–Crippen MR) is 115 cm³/mol. The van der Waals surface area contributed by atoms with Crippen LogP contribution in [0.1, 0.15) is 17.2 Å². The molecule has 1 aliphatic heterocycles. The minimum atomic E-state index is -3.03. The van der Waals surface area contributed by atoms with E-state index < -0.39 is 15.9 Å². The van der Waals surface area contributed by atoms with E-state index >= 15 is 0 Å². The molecule has 30 heavy (non-hydrogen) atoms. The van der Waals surface area contributed by atoms with Crippen molar-refractivity contribution in [2.45, 2.75) is 12.6 Å². The summed E-state index contributed by atoms with van der Waals surface area (Å²) in [6, 6.07) is 16.8. The first kappa shape index (κ1) is 20.3. The van der Waals surface area contributed by atoms with Crippen molar-refractivity contribution in [3.63, 3.8) is 0 Å². The number of nitrogens with zero attached hydrogens (tertiary/aromatic N) is 3. The number of benzene rings is 2. The van der Waals surface area contributed by atoms with Crippen molar-refractivity contribution in [2.75, 3.05) is 24.6 Å². The van der Waals surface area contributed by atoms with Crippen molar-refractivity contribution in [3.05, 3.63) is 84.4 Å². The second-order valence-electron chi connectivity index (χ2n) is 7.32. The fourth-order valence-electron chi connectivity index (χ4n) is 3.74. The highest BCUT2D eigenvalue weighted by molar-refractivity contribution is 7.91. The van der Waals surface area contributed by atoms with E-state index in [2.05, 4.69) is 10.3 Å². The molecule has 1 atom stereocenters. The molecular weight excluding hydrogens is 400 g/mol. The molecule has 1 amide bonds. The zero-order valence-electron chi connectivity index (χ0n) is 16.5. The topological polar surface area (TPSA) is 84.3 Å². The first-order valence-electron chi connectivity index (χ1n) is 9.87. The van der Waals surface area contributed by atoms with E-state index in [0.29, 0.717) is 19.6 Å². The Hall–Kier alpha value is -2.97. The first-order valence-corrected chi connectivity index (χ1v) is 11.7. The lowest BCUT2D eigenvalue weighted by atomic mass is 10.0. The van der Waals surface area contributed by atoms with Crippen LogP contribution in [0.4, 0.5) is 0 Å². The standard InChI is InChI=1S/C22H24N4O3S/c27-22(24-16-19-8-4-5-9-20(19)26-11-10-23-17-26)21(18-6-2-1-3-7-18)25-12-14-30(28,29)15-13-25/h1-11,17,21H,12-16H2,(H,24,27). The summed E-state index contributed by atoms with van der Waals surface area (Å²) < 4.78 is 25.6. The Balaban J connectivity index is 1.54. The molecule has 7 nitrogen and oxygen atoms in total. The zero-order valence-corrected chi connectivity index (χ0v) is 17.3. The third-order valence-electron chi connectivity index (χ3n) is 5.34. The molecular formula is C22H24N4O3S. The number of aromatic nitrogens is 2. The Labute approximate surface area is 176 Å². The van der Waals surface area contributed by atoms with E-state index in [0.717, 1.165) is 16.8 Å². The molecule has 0 aliphatic carbocycles. The molecule has 3 aromatic rings. The van der Waals surface area contributed by atoms with E-state index in [4.69, 9.17) is 0 Å². The van der Waals surface area contributed by atoms with Crippen LogP contribution in [0.3, 0.4) is 0 Å². The van der Waals surface area contributed by atoms with Gasteiger partial charge >= 0.3 is 0 Å². The summed E-state index contributed by atoms with van der Waals surface area (Å²) in [6.45, 7) is 1.06. The highest BCUT2D eigenvalue weighted by Gasteiger charge is 2.32. The molecule has 1 fully saturated rings. The molecule has 0 saturated carbocycles. The van der Waals surface area contributed by atoms with Crippen molar-refractivity contribution in [1.29, 1.82) is 0 Å². The van der Waals surface area contributed by atoms with E-state index in [1.165, 1.54) is 0 Å². The Morgan fingerprint density at radius 1 is 1.03 bits per heavy atom. The van der Waals surface area contributed by atoms with Gasteiger partial charge in [0.1, 0.15) is 6.04 Å². The highest BCUT2D eigenvalue weighted by atomic mass is 32.2. The van der Waals surface area contributed by atoms with Gasteiger partial charge in [0.05, 0.1) is 23.5 Å². The largest absolute Gasteiger partial charge is 0.350 e. The fraction of sp³-hybridized carbons (Fsp3) is 0.273. The number of amides is 1. The third-order valence-corrected chi connectivity index (χ3v) is 6.94. The number of hydrogen-bond donors (Lipinski definition) is 1. The molecule has 1 saturated heterocycles. The maximum absolute atomic E-state index is 13.3. The van der Waals surface area contributed by atoms with E-state index in [9.17, 15) is 13.2 Å². The van der Waals surface area contributed by atoms with Crippen molar-refractivity contribution in [1.82, 2.24) is 19.8 Å². The quantitative estimate of drug-likeness (QED) is 0.654. The summed E-state index contributed by atoms with van der Waals surface area (Å²) in [5, 5.41) is 3.05. The normalized spacial score (nSPS) is 17.3. The average Bonchev–Trinajstić information content (AvgIpc) is 3.29. The predicted octanol–water partition coefficient (Wildman–Crippen LogP) is 1.96. The van der Waals surface area contributed by atoms with Crippen LogP contribution in [-0.2, 0) is 21.2 Å². The maximum atomic E-state index is 13.3. The van der Waals surface area contributed by atoms with Gasteiger partial charge in [-0.3, -0.25) is 9.69 Å². The van der Waals surface area contributed by atoms with E-state index in [-0.39, 0.29) is 17.4 Å². The number of para-hydroxylation sites is 1. The number of carbonyl (C=O) groups is 1. The van der Waals surface area contributed by atoms with Crippen LogP contribution in [-0.4, -0.2) is 53.4 Å². The monoisotopic (exact) mass is 424 g/mol. The van der Waals surface area contributed by atoms with Gasteiger partial charge in [-0.05, 0) is 17.2 Å². The maximum Gasteiger partial charge on any atom is 0.242 e. The lowest BCUT2D eigenvalue weighted by Crippen LogP contribution is -2.47. The zero-order chi connectivity index (χ0) is 21.0. The molecule has 1 N–H and O–H groups in total. The minimum absolute atomic E-state index is 0.0765. The van der Waals surface area contributed by atoms with E-state index in [1.54, 1.807) is 12.5 Å². The van der Waals surface area contributed by atoms with Crippen molar-refractivity contribution in [2.24, 2.45) is 0 Å². The fourth-order valence-corrected chi connectivity index (χ4v) is 4.97. The van der Waals surface area contributed by atoms with Crippen LogP contribution >= 0.6 is 0 Å². The summed E-state index contributed by atoms with van der Waals surface area (Å²) in [5.74, 6) is 0.0149. The molecule has 2 heterocycles. The Bertz CT molecular complexity index is 1080. The second kappa shape index (κ2) is 8.81. The van der Waals surface area contributed by atoms with Gasteiger partial charge < -0.3 is 9.88 Å². The van der Waals surface area contributed by atoms with Crippen LogP contribution in [0, 0.1) is 0 Å². The van der Waals surface area contributed by atoms with Crippen LogP contribution in [0.15, 0.2) is 73.3 Å². The SMILES string of the molecule is O=C(NCc1ccccc1-n1ccnc1)C(c1ccccc1)N1CCS(=O)(=O)CC1. The Morgan fingerprint density at radius 3 is 2.43 bits per heavy atom. The Morgan fingerprint density at radius 2 is 1.73 bits per heavy atom. The molecule has 8 heteroatoms.